The summed E-state index contributed by atoms with van der Waals surface area (Å²) < 4.78 is 21.8. The van der Waals surface area contributed by atoms with E-state index in [0.717, 1.165) is 17.7 Å². The summed E-state index contributed by atoms with van der Waals surface area (Å²) in [5.41, 5.74) is 0.926. The molecule has 0 bridgehead atoms. The van der Waals surface area contributed by atoms with Gasteiger partial charge >= 0.3 is 0 Å². The Morgan fingerprint density at radius 3 is 2.56 bits per heavy atom. The average Bonchev–Trinajstić information content (AvgIpc) is 2.64. The summed E-state index contributed by atoms with van der Waals surface area (Å²) >= 11 is 1.74. The zero-order valence-corrected chi connectivity index (χ0v) is 16.2. The summed E-state index contributed by atoms with van der Waals surface area (Å²) in [7, 11) is 4.79. The highest BCUT2D eigenvalue weighted by atomic mass is 32.2. The van der Waals surface area contributed by atoms with Crippen LogP contribution in [-0.4, -0.2) is 57.6 Å². The summed E-state index contributed by atoms with van der Waals surface area (Å²) in [6, 6.07) is 3.81. The maximum Gasteiger partial charge on any atom is 0.224 e. The minimum absolute atomic E-state index is 0.0994. The lowest BCUT2D eigenvalue weighted by molar-refractivity contribution is -0.132. The van der Waals surface area contributed by atoms with Crippen LogP contribution in [0.4, 0.5) is 0 Å². The first-order valence-electron chi connectivity index (χ1n) is 8.45. The lowest BCUT2D eigenvalue weighted by Gasteiger charge is -2.36. The van der Waals surface area contributed by atoms with Crippen LogP contribution in [0.2, 0.25) is 0 Å². The first kappa shape index (κ1) is 19.7. The predicted octanol–water partition coefficient (Wildman–Crippen LogP) is 3.10. The van der Waals surface area contributed by atoms with Gasteiger partial charge in [0.1, 0.15) is 5.37 Å². The second kappa shape index (κ2) is 9.77. The number of nitrogens with zero attached hydrogens (tertiary/aromatic N) is 1. The molecule has 1 aliphatic heterocycles. The van der Waals surface area contributed by atoms with Gasteiger partial charge in [0.15, 0.2) is 11.5 Å². The fourth-order valence-corrected chi connectivity index (χ4v) is 4.21. The Morgan fingerprint density at radius 1 is 1.16 bits per heavy atom. The fourth-order valence-electron chi connectivity index (χ4n) is 2.92. The number of rotatable bonds is 9. The molecule has 1 aromatic carbocycles. The van der Waals surface area contributed by atoms with Gasteiger partial charge in [-0.2, -0.15) is 0 Å². The van der Waals surface area contributed by atoms with Gasteiger partial charge in [-0.25, -0.2) is 0 Å². The highest BCUT2D eigenvalue weighted by molar-refractivity contribution is 7.99. The molecule has 1 fully saturated rings. The Kier molecular flexibility index (Phi) is 7.71. The van der Waals surface area contributed by atoms with Gasteiger partial charge in [0.25, 0.3) is 0 Å². The Hall–Kier alpha value is -1.60. The molecule has 1 aromatic rings. The van der Waals surface area contributed by atoms with Crippen molar-refractivity contribution in [1.82, 2.24) is 4.90 Å². The maximum absolute atomic E-state index is 12.5. The van der Waals surface area contributed by atoms with Crippen LogP contribution in [0.15, 0.2) is 12.1 Å². The van der Waals surface area contributed by atoms with E-state index >= 15 is 0 Å². The number of benzene rings is 1. The predicted molar refractivity (Wildman–Crippen MR) is 98.7 cm³/mol. The molecule has 140 valence electrons. The van der Waals surface area contributed by atoms with E-state index in [9.17, 15) is 4.79 Å². The smallest absolute Gasteiger partial charge is 0.224 e. The van der Waals surface area contributed by atoms with E-state index in [-0.39, 0.29) is 11.3 Å². The largest absolute Gasteiger partial charge is 0.493 e. The second-order valence-corrected chi connectivity index (χ2v) is 6.72. The lowest BCUT2D eigenvalue weighted by atomic mass is 10.1. The lowest BCUT2D eigenvalue weighted by Crippen LogP contribution is -2.38. The molecule has 7 heteroatoms. The first-order chi connectivity index (χ1) is 12.2. The van der Waals surface area contributed by atoms with Gasteiger partial charge in [-0.3, -0.25) is 4.79 Å². The van der Waals surface area contributed by atoms with Crippen LogP contribution in [0.3, 0.4) is 0 Å². The topological polar surface area (TPSA) is 57.2 Å². The van der Waals surface area contributed by atoms with Crippen LogP contribution in [-0.2, 0) is 9.53 Å². The molecule has 1 saturated heterocycles. The number of ether oxygens (including phenoxy) is 4. The van der Waals surface area contributed by atoms with Crippen molar-refractivity contribution in [2.24, 2.45) is 0 Å². The van der Waals surface area contributed by atoms with E-state index in [1.54, 1.807) is 33.1 Å². The van der Waals surface area contributed by atoms with Gasteiger partial charge in [0.05, 0.1) is 21.3 Å². The molecule has 1 aliphatic rings. The van der Waals surface area contributed by atoms with Crippen LogP contribution in [0.1, 0.15) is 30.7 Å². The quantitative estimate of drug-likeness (QED) is 0.624. The van der Waals surface area contributed by atoms with Crippen molar-refractivity contribution in [3.8, 4) is 17.2 Å². The van der Waals surface area contributed by atoms with Crippen molar-refractivity contribution in [3.63, 3.8) is 0 Å². The standard InChI is InChI=1S/C18H27NO5S/c1-5-24-11-6-10-19-15(20)9-12-25-18(19)13-7-8-14(21-2)17(23-4)16(13)22-3/h7-8,18H,5-6,9-12H2,1-4H3. The second-order valence-electron chi connectivity index (χ2n) is 5.53. The molecule has 0 aliphatic carbocycles. The Labute approximate surface area is 153 Å². The van der Waals surface area contributed by atoms with E-state index in [1.165, 1.54) is 0 Å². The monoisotopic (exact) mass is 369 g/mol. The number of carbonyl (C=O) groups excluding carboxylic acids is 1. The Balaban J connectivity index is 2.31. The van der Waals surface area contributed by atoms with E-state index < -0.39 is 0 Å². The Bertz CT molecular complexity index is 581. The summed E-state index contributed by atoms with van der Waals surface area (Å²) in [6.07, 6.45) is 1.37. The number of carbonyl (C=O) groups is 1. The first-order valence-corrected chi connectivity index (χ1v) is 9.50. The zero-order chi connectivity index (χ0) is 18.2. The van der Waals surface area contributed by atoms with Crippen molar-refractivity contribution in [1.29, 1.82) is 0 Å². The molecule has 1 unspecified atom stereocenters. The zero-order valence-electron chi connectivity index (χ0n) is 15.4. The van der Waals surface area contributed by atoms with Gasteiger partial charge in [0, 0.05) is 37.5 Å². The van der Waals surface area contributed by atoms with Gasteiger partial charge in [0.2, 0.25) is 11.7 Å². The molecular weight excluding hydrogens is 342 g/mol. The van der Waals surface area contributed by atoms with Crippen molar-refractivity contribution < 1.29 is 23.7 Å². The Morgan fingerprint density at radius 2 is 1.92 bits per heavy atom. The SMILES string of the molecule is CCOCCCN1C(=O)CCSC1c1ccc(OC)c(OC)c1OC. The summed E-state index contributed by atoms with van der Waals surface area (Å²) in [4.78, 5) is 14.4. The molecule has 2 rings (SSSR count). The van der Waals surface area contributed by atoms with E-state index in [4.69, 9.17) is 18.9 Å². The number of thioether (sulfide) groups is 1. The van der Waals surface area contributed by atoms with Gasteiger partial charge in [-0.1, -0.05) is 0 Å². The van der Waals surface area contributed by atoms with Crippen molar-refractivity contribution in [3.05, 3.63) is 17.7 Å². The minimum Gasteiger partial charge on any atom is -0.493 e. The van der Waals surface area contributed by atoms with Crippen LogP contribution in [0.5, 0.6) is 17.2 Å². The molecule has 1 amide bonds. The highest BCUT2D eigenvalue weighted by Crippen LogP contribution is 2.48. The molecule has 6 nitrogen and oxygen atoms in total. The summed E-state index contributed by atoms with van der Waals surface area (Å²) in [5.74, 6) is 2.73. The summed E-state index contributed by atoms with van der Waals surface area (Å²) in [5, 5.41) is -0.0994. The van der Waals surface area contributed by atoms with Gasteiger partial charge < -0.3 is 23.8 Å². The maximum atomic E-state index is 12.5. The molecule has 0 radical (unpaired) electrons. The van der Waals surface area contributed by atoms with Crippen LogP contribution in [0.25, 0.3) is 0 Å². The van der Waals surface area contributed by atoms with Gasteiger partial charge in [-0.05, 0) is 25.5 Å². The van der Waals surface area contributed by atoms with Crippen LogP contribution < -0.4 is 14.2 Å². The van der Waals surface area contributed by atoms with E-state index in [1.807, 2.05) is 24.0 Å². The number of hydrogen-bond donors (Lipinski definition) is 0. The third-order valence-electron chi connectivity index (χ3n) is 4.09. The van der Waals surface area contributed by atoms with Gasteiger partial charge in [-0.15, -0.1) is 11.8 Å². The number of hydrogen-bond acceptors (Lipinski definition) is 6. The number of methoxy groups -OCH3 is 3. The molecule has 1 atom stereocenters. The van der Waals surface area contributed by atoms with Crippen LogP contribution >= 0.6 is 11.8 Å². The van der Waals surface area contributed by atoms with E-state index in [0.29, 0.717) is 43.4 Å². The average molecular weight is 369 g/mol. The minimum atomic E-state index is -0.0994. The molecule has 0 N–H and O–H groups in total. The van der Waals surface area contributed by atoms with Crippen molar-refractivity contribution in [2.75, 3.05) is 46.8 Å². The van der Waals surface area contributed by atoms with Crippen molar-refractivity contribution >= 4 is 17.7 Å². The number of amides is 1. The fraction of sp³-hybridized carbons (Fsp3) is 0.611. The third kappa shape index (κ3) is 4.52. The highest BCUT2D eigenvalue weighted by Gasteiger charge is 2.33. The molecule has 0 saturated carbocycles. The van der Waals surface area contributed by atoms with E-state index in [2.05, 4.69) is 0 Å². The molecule has 25 heavy (non-hydrogen) atoms. The third-order valence-corrected chi connectivity index (χ3v) is 5.35. The molecule has 0 aromatic heterocycles. The molecule has 1 heterocycles. The molecule has 0 spiro atoms. The normalized spacial score (nSPS) is 17.5. The summed E-state index contributed by atoms with van der Waals surface area (Å²) in [6.45, 7) is 3.98. The van der Waals surface area contributed by atoms with Crippen molar-refractivity contribution in [2.45, 2.75) is 25.1 Å². The van der Waals surface area contributed by atoms with Crippen LogP contribution in [0, 0.1) is 0 Å². The molecular formula is C18H27NO5S.